The van der Waals surface area contributed by atoms with E-state index in [1.165, 1.54) is 6.92 Å². The molecule has 6 nitrogen and oxygen atoms in total. The minimum absolute atomic E-state index is 0.163. The number of rotatable bonds is 9. The van der Waals surface area contributed by atoms with Gasteiger partial charge in [-0.15, -0.1) is 0 Å². The van der Waals surface area contributed by atoms with Crippen LogP contribution in [0.25, 0.3) is 0 Å². The Balaban J connectivity index is 3.19. The average molecular weight is 515 g/mol. The van der Waals surface area contributed by atoms with Gasteiger partial charge in [-0.3, -0.25) is 0 Å². The van der Waals surface area contributed by atoms with Crippen LogP contribution in [0.2, 0.25) is 3.05 Å². The molecule has 1 aromatic carbocycles. The molecule has 0 fully saturated rings. The molecule has 0 radical (unpaired) electrons. The zero-order valence-electron chi connectivity index (χ0n) is 13.7. The van der Waals surface area contributed by atoms with Gasteiger partial charge in [0.05, 0.1) is 0 Å². The van der Waals surface area contributed by atoms with Crippen LogP contribution in [0.3, 0.4) is 0 Å². The van der Waals surface area contributed by atoms with Gasteiger partial charge in [0.25, 0.3) is 0 Å². The van der Waals surface area contributed by atoms with Crippen molar-refractivity contribution in [2.75, 3.05) is 28.4 Å². The normalized spacial score (nSPS) is 14.0. The first-order chi connectivity index (χ1) is 10.5. The molecule has 1 rings (SSSR count). The number of carbonyl (C=O) groups is 1. The summed E-state index contributed by atoms with van der Waals surface area (Å²) in [7, 11) is 3.33. The van der Waals surface area contributed by atoms with Crippen molar-refractivity contribution in [3.05, 3.63) is 35.9 Å². The van der Waals surface area contributed by atoms with Crippen LogP contribution in [0, 0.1) is 0 Å². The molecule has 0 saturated carbocycles. The molecule has 8 heteroatoms. The second-order valence-electron chi connectivity index (χ2n) is 4.69. The number of ether oxygens (including phenoxy) is 1. The van der Waals surface area contributed by atoms with Crippen molar-refractivity contribution in [3.63, 3.8) is 0 Å². The Hall–Kier alpha value is -0.318. The van der Waals surface area contributed by atoms with E-state index in [1.807, 2.05) is 30.3 Å². The van der Waals surface area contributed by atoms with Gasteiger partial charge in [0.2, 0.25) is 0 Å². The fourth-order valence-corrected chi connectivity index (χ4v) is 17.8. The zero-order chi connectivity index (χ0) is 16.6. The molecular weight excluding hydrogens is 493 g/mol. The summed E-state index contributed by atoms with van der Waals surface area (Å²) in [5, 5.41) is 0. The molecule has 0 aromatic heterocycles. The molecular formula is C14H22HgO6Si. The van der Waals surface area contributed by atoms with E-state index in [1.54, 1.807) is 28.4 Å². The molecule has 22 heavy (non-hydrogen) atoms. The van der Waals surface area contributed by atoms with Crippen LogP contribution in [0.5, 0.6) is 0 Å². The van der Waals surface area contributed by atoms with Gasteiger partial charge in [-0.05, 0) is 0 Å². The van der Waals surface area contributed by atoms with Gasteiger partial charge in [0, 0.05) is 0 Å². The van der Waals surface area contributed by atoms with Crippen LogP contribution in [0.4, 0.5) is 0 Å². The summed E-state index contributed by atoms with van der Waals surface area (Å²) in [6, 6.07) is 9.77. The van der Waals surface area contributed by atoms with Crippen LogP contribution >= 0.6 is 0 Å². The zero-order valence-corrected chi connectivity index (χ0v) is 20.2. The van der Waals surface area contributed by atoms with Gasteiger partial charge < -0.3 is 0 Å². The molecule has 0 amide bonds. The number of hydrogen-bond acceptors (Lipinski definition) is 6. The number of benzene rings is 1. The maximum atomic E-state index is 11.3. The van der Waals surface area contributed by atoms with E-state index in [0.717, 1.165) is 5.56 Å². The maximum absolute atomic E-state index is 11.3. The molecule has 0 heterocycles. The van der Waals surface area contributed by atoms with Crippen molar-refractivity contribution in [1.82, 2.24) is 0 Å². The molecule has 0 N–H and O–H groups in total. The summed E-state index contributed by atoms with van der Waals surface area (Å²) in [5.74, 6) is -0.277. The molecule has 2 atom stereocenters. The van der Waals surface area contributed by atoms with Crippen molar-refractivity contribution in [3.8, 4) is 0 Å². The first kappa shape index (κ1) is 19.7. The molecule has 120 valence electrons. The summed E-state index contributed by atoms with van der Waals surface area (Å²) in [6.07, 6.45) is -0.284. The summed E-state index contributed by atoms with van der Waals surface area (Å²) in [4.78, 5) is 11.3. The Morgan fingerprint density at radius 2 is 1.59 bits per heavy atom. The number of carbonyl (C=O) groups excluding carboxylic acids is 1. The number of methoxy groups -OCH3 is 1. The second kappa shape index (κ2) is 9.74. The molecule has 0 saturated heterocycles. The molecule has 0 bridgehead atoms. The van der Waals surface area contributed by atoms with Crippen LogP contribution in [0.15, 0.2) is 30.3 Å². The van der Waals surface area contributed by atoms with Crippen molar-refractivity contribution >= 4 is 14.8 Å². The third kappa shape index (κ3) is 4.84. The third-order valence-corrected chi connectivity index (χ3v) is 19.0. The van der Waals surface area contributed by atoms with Crippen LogP contribution in [-0.4, -0.2) is 43.2 Å². The van der Waals surface area contributed by atoms with Gasteiger partial charge in [-0.1, -0.05) is 0 Å². The van der Waals surface area contributed by atoms with Crippen molar-refractivity contribution in [1.29, 1.82) is 0 Å². The Morgan fingerprint density at radius 3 is 2.00 bits per heavy atom. The molecule has 0 aliphatic heterocycles. The Labute approximate surface area is 145 Å². The van der Waals surface area contributed by atoms with E-state index < -0.39 is 33.8 Å². The third-order valence-electron chi connectivity index (χ3n) is 3.52. The van der Waals surface area contributed by atoms with Gasteiger partial charge in [-0.25, -0.2) is 0 Å². The summed E-state index contributed by atoms with van der Waals surface area (Å²) >= 11 is -2.21. The summed E-state index contributed by atoms with van der Waals surface area (Å²) in [6.45, 7) is 1.41. The quantitative estimate of drug-likeness (QED) is 0.471. The summed E-state index contributed by atoms with van der Waals surface area (Å²) < 4.78 is 27.8. The average Bonchev–Trinajstić information content (AvgIpc) is 2.55. The fraction of sp³-hybridized carbons (Fsp3) is 0.500. The van der Waals surface area contributed by atoms with Gasteiger partial charge >= 0.3 is 146 Å². The molecule has 0 spiro atoms. The molecule has 2 unspecified atom stereocenters. The van der Waals surface area contributed by atoms with E-state index in [9.17, 15) is 4.79 Å². The van der Waals surface area contributed by atoms with E-state index >= 15 is 0 Å². The first-order valence-corrected chi connectivity index (χ1v) is 14.1. The topological polar surface area (TPSA) is 63.2 Å². The Bertz CT molecular complexity index is 446. The predicted octanol–water partition coefficient (Wildman–Crippen LogP) is 2.14. The SMILES string of the molecule is COC(c1ccccc1)[CH]([Hg][O]C(C)=O)[Si](OC)(OC)OC. The van der Waals surface area contributed by atoms with Gasteiger partial charge in [0.15, 0.2) is 0 Å². The molecule has 0 aliphatic rings. The predicted molar refractivity (Wildman–Crippen MR) is 78.5 cm³/mol. The van der Waals surface area contributed by atoms with E-state index in [2.05, 4.69) is 0 Å². The Morgan fingerprint density at radius 1 is 1.05 bits per heavy atom. The van der Waals surface area contributed by atoms with Crippen LogP contribution < -0.4 is 0 Å². The van der Waals surface area contributed by atoms with Gasteiger partial charge in [-0.2, -0.15) is 0 Å². The minimum atomic E-state index is -2.98. The monoisotopic (exact) mass is 516 g/mol. The fourth-order valence-electron chi connectivity index (χ4n) is 2.46. The second-order valence-corrected chi connectivity index (χ2v) is 16.9. The van der Waals surface area contributed by atoms with E-state index in [-0.39, 0.29) is 15.1 Å². The first-order valence-electron chi connectivity index (χ1n) is 6.91. The van der Waals surface area contributed by atoms with E-state index in [4.69, 9.17) is 20.7 Å². The van der Waals surface area contributed by atoms with Crippen molar-refractivity contribution in [2.45, 2.75) is 16.1 Å². The standard InChI is InChI=1S/C12H19O4Si.C2H4O2.Hg/c1-13-12(11-8-6-5-7-9-11)10-17(14-2,15-3)16-4;1-2(3)4;/h5-10,12H,1-4H3;1H3,(H,3,4);/q;;+1/p-1. The van der Waals surface area contributed by atoms with Crippen LogP contribution in [0.1, 0.15) is 18.6 Å². The molecule has 1 aromatic rings. The van der Waals surface area contributed by atoms with E-state index in [0.29, 0.717) is 0 Å². The van der Waals surface area contributed by atoms with Crippen LogP contribution in [-0.2, 0) is 50.5 Å². The molecule has 0 aliphatic carbocycles. The van der Waals surface area contributed by atoms with Gasteiger partial charge in [0.1, 0.15) is 0 Å². The van der Waals surface area contributed by atoms with Crippen molar-refractivity contribution < 1.29 is 50.5 Å². The summed E-state index contributed by atoms with van der Waals surface area (Å²) in [5.41, 5.74) is 0.991. The van der Waals surface area contributed by atoms with Crippen molar-refractivity contribution in [2.24, 2.45) is 0 Å². The number of hydrogen-bond donors (Lipinski definition) is 0. The Kier molecular flexibility index (Phi) is 8.73.